The van der Waals surface area contributed by atoms with Crippen LogP contribution in [0, 0.1) is 0 Å². The van der Waals surface area contributed by atoms with Crippen molar-refractivity contribution in [2.45, 2.75) is 33.6 Å². The summed E-state index contributed by atoms with van der Waals surface area (Å²) < 4.78 is 5.04. The fourth-order valence-corrected chi connectivity index (χ4v) is 0.863. The van der Waals surface area contributed by atoms with Gasteiger partial charge in [-0.2, -0.15) is 0 Å². The summed E-state index contributed by atoms with van der Waals surface area (Å²) in [6.07, 6.45) is 3.58. The molecule has 0 amide bonds. The standard InChI is InChI=1S/C9H13NO.C2H6/c1-7(2)8-4-9(11-3)6-10-5-8;1-2/h4-7H,1-3H3;1-2H3. The van der Waals surface area contributed by atoms with E-state index in [0.29, 0.717) is 5.92 Å². The number of pyridine rings is 1. The Morgan fingerprint density at radius 1 is 1.23 bits per heavy atom. The highest BCUT2D eigenvalue weighted by atomic mass is 16.5. The molecule has 0 saturated heterocycles. The molecule has 1 aromatic rings. The van der Waals surface area contributed by atoms with Crippen molar-refractivity contribution in [3.05, 3.63) is 24.0 Å². The van der Waals surface area contributed by atoms with Crippen molar-refractivity contribution in [2.24, 2.45) is 0 Å². The van der Waals surface area contributed by atoms with Crippen molar-refractivity contribution in [3.63, 3.8) is 0 Å². The lowest BCUT2D eigenvalue weighted by Gasteiger charge is -2.05. The highest BCUT2D eigenvalue weighted by Gasteiger charge is 1.99. The molecule has 0 saturated carbocycles. The van der Waals surface area contributed by atoms with Gasteiger partial charge in [-0.15, -0.1) is 0 Å². The lowest BCUT2D eigenvalue weighted by atomic mass is 10.1. The van der Waals surface area contributed by atoms with Gasteiger partial charge in [0.05, 0.1) is 13.3 Å². The van der Waals surface area contributed by atoms with Gasteiger partial charge in [0.15, 0.2) is 0 Å². The first-order valence-corrected chi connectivity index (χ1v) is 4.73. The van der Waals surface area contributed by atoms with Crippen LogP contribution in [0.15, 0.2) is 18.5 Å². The van der Waals surface area contributed by atoms with Crippen molar-refractivity contribution < 1.29 is 4.74 Å². The fraction of sp³-hybridized carbons (Fsp3) is 0.545. The molecule has 1 heterocycles. The van der Waals surface area contributed by atoms with Crippen molar-refractivity contribution in [1.29, 1.82) is 0 Å². The number of ether oxygens (including phenoxy) is 1. The quantitative estimate of drug-likeness (QED) is 0.698. The molecule has 0 aromatic carbocycles. The first kappa shape index (κ1) is 11.9. The van der Waals surface area contributed by atoms with Crippen LogP contribution in [-0.2, 0) is 0 Å². The number of hydrogen-bond acceptors (Lipinski definition) is 2. The van der Waals surface area contributed by atoms with E-state index in [1.165, 1.54) is 5.56 Å². The number of nitrogens with zero attached hydrogens (tertiary/aromatic N) is 1. The molecular weight excluding hydrogens is 162 g/mol. The van der Waals surface area contributed by atoms with E-state index in [9.17, 15) is 0 Å². The van der Waals surface area contributed by atoms with E-state index in [2.05, 4.69) is 18.8 Å². The first-order valence-electron chi connectivity index (χ1n) is 4.73. The Kier molecular flexibility index (Phi) is 5.94. The summed E-state index contributed by atoms with van der Waals surface area (Å²) in [5.74, 6) is 1.34. The van der Waals surface area contributed by atoms with Gasteiger partial charge in [0, 0.05) is 6.20 Å². The molecule has 0 spiro atoms. The minimum Gasteiger partial charge on any atom is -0.495 e. The topological polar surface area (TPSA) is 22.1 Å². The molecule has 74 valence electrons. The summed E-state index contributed by atoms with van der Waals surface area (Å²) in [4.78, 5) is 4.05. The second-order valence-electron chi connectivity index (χ2n) is 2.81. The molecule has 1 aromatic heterocycles. The van der Waals surface area contributed by atoms with Crippen LogP contribution in [0.1, 0.15) is 39.2 Å². The molecule has 0 radical (unpaired) electrons. The van der Waals surface area contributed by atoms with Crippen molar-refractivity contribution in [1.82, 2.24) is 4.98 Å². The largest absolute Gasteiger partial charge is 0.495 e. The average Bonchev–Trinajstić information content (AvgIpc) is 2.21. The van der Waals surface area contributed by atoms with Crippen LogP contribution in [0.3, 0.4) is 0 Å². The van der Waals surface area contributed by atoms with E-state index in [1.54, 1.807) is 13.3 Å². The number of rotatable bonds is 2. The van der Waals surface area contributed by atoms with Gasteiger partial charge in [0.25, 0.3) is 0 Å². The molecular formula is C11H19NO. The van der Waals surface area contributed by atoms with E-state index in [0.717, 1.165) is 5.75 Å². The Balaban J connectivity index is 0.000000671. The third kappa shape index (κ3) is 3.92. The maximum atomic E-state index is 5.04. The summed E-state index contributed by atoms with van der Waals surface area (Å²) in [7, 11) is 1.65. The highest BCUT2D eigenvalue weighted by Crippen LogP contribution is 2.17. The third-order valence-electron chi connectivity index (χ3n) is 1.64. The van der Waals surface area contributed by atoms with Gasteiger partial charge in [-0.3, -0.25) is 4.98 Å². The Labute approximate surface area is 81.0 Å². The van der Waals surface area contributed by atoms with Crippen molar-refractivity contribution in [3.8, 4) is 5.75 Å². The maximum absolute atomic E-state index is 5.04. The Morgan fingerprint density at radius 3 is 2.31 bits per heavy atom. The van der Waals surface area contributed by atoms with Crippen LogP contribution in [0.2, 0.25) is 0 Å². The van der Waals surface area contributed by atoms with E-state index in [1.807, 2.05) is 26.1 Å². The SMILES string of the molecule is CC.COc1cncc(C(C)C)c1. The minimum absolute atomic E-state index is 0.512. The lowest BCUT2D eigenvalue weighted by molar-refractivity contribution is 0.412. The molecule has 0 bridgehead atoms. The van der Waals surface area contributed by atoms with Crippen LogP contribution in [0.25, 0.3) is 0 Å². The molecule has 2 heteroatoms. The van der Waals surface area contributed by atoms with Gasteiger partial charge in [0.2, 0.25) is 0 Å². The monoisotopic (exact) mass is 181 g/mol. The second-order valence-corrected chi connectivity index (χ2v) is 2.81. The zero-order chi connectivity index (χ0) is 10.3. The van der Waals surface area contributed by atoms with Crippen LogP contribution >= 0.6 is 0 Å². The number of methoxy groups -OCH3 is 1. The Bertz CT molecular complexity index is 233. The van der Waals surface area contributed by atoms with Gasteiger partial charge in [0.1, 0.15) is 5.75 Å². The van der Waals surface area contributed by atoms with Gasteiger partial charge < -0.3 is 4.74 Å². The van der Waals surface area contributed by atoms with Crippen molar-refractivity contribution >= 4 is 0 Å². The zero-order valence-electron chi connectivity index (χ0n) is 9.16. The summed E-state index contributed by atoms with van der Waals surface area (Å²) in [5, 5.41) is 0. The first-order chi connectivity index (χ1) is 6.24. The van der Waals surface area contributed by atoms with Crippen LogP contribution in [-0.4, -0.2) is 12.1 Å². The average molecular weight is 181 g/mol. The Morgan fingerprint density at radius 2 is 1.85 bits per heavy atom. The minimum atomic E-state index is 0.512. The summed E-state index contributed by atoms with van der Waals surface area (Å²) in [6, 6.07) is 2.01. The second kappa shape index (κ2) is 6.46. The molecule has 0 aliphatic heterocycles. The molecule has 0 fully saturated rings. The van der Waals surface area contributed by atoms with Crippen LogP contribution in [0.5, 0.6) is 5.75 Å². The summed E-state index contributed by atoms with van der Waals surface area (Å²) in [6.45, 7) is 8.27. The fourth-order valence-electron chi connectivity index (χ4n) is 0.863. The molecule has 0 aliphatic rings. The lowest BCUT2D eigenvalue weighted by Crippen LogP contribution is -1.90. The van der Waals surface area contributed by atoms with Gasteiger partial charge in [-0.05, 0) is 17.5 Å². The smallest absolute Gasteiger partial charge is 0.137 e. The zero-order valence-corrected chi connectivity index (χ0v) is 9.16. The highest BCUT2D eigenvalue weighted by molar-refractivity contribution is 5.25. The Hall–Kier alpha value is -1.05. The molecule has 0 unspecified atom stereocenters. The maximum Gasteiger partial charge on any atom is 0.137 e. The summed E-state index contributed by atoms with van der Waals surface area (Å²) >= 11 is 0. The molecule has 1 rings (SSSR count). The molecule has 13 heavy (non-hydrogen) atoms. The molecule has 2 nitrogen and oxygen atoms in total. The molecule has 0 aliphatic carbocycles. The normalized spacial score (nSPS) is 9.08. The third-order valence-corrected chi connectivity index (χ3v) is 1.64. The van der Waals surface area contributed by atoms with E-state index < -0.39 is 0 Å². The van der Waals surface area contributed by atoms with Gasteiger partial charge in [-0.1, -0.05) is 27.7 Å². The number of hydrogen-bond donors (Lipinski definition) is 0. The predicted molar refractivity (Wildman–Crippen MR) is 56.2 cm³/mol. The van der Waals surface area contributed by atoms with E-state index >= 15 is 0 Å². The van der Waals surface area contributed by atoms with Gasteiger partial charge >= 0.3 is 0 Å². The molecule has 0 atom stereocenters. The van der Waals surface area contributed by atoms with Crippen molar-refractivity contribution in [2.75, 3.05) is 7.11 Å². The van der Waals surface area contributed by atoms with E-state index in [4.69, 9.17) is 4.74 Å². The van der Waals surface area contributed by atoms with Crippen LogP contribution < -0.4 is 4.74 Å². The van der Waals surface area contributed by atoms with Gasteiger partial charge in [-0.25, -0.2) is 0 Å². The number of aromatic nitrogens is 1. The van der Waals surface area contributed by atoms with E-state index in [-0.39, 0.29) is 0 Å². The summed E-state index contributed by atoms with van der Waals surface area (Å²) in [5.41, 5.74) is 1.21. The van der Waals surface area contributed by atoms with Crippen LogP contribution in [0.4, 0.5) is 0 Å². The predicted octanol–water partition coefficient (Wildman–Crippen LogP) is 3.24. The molecule has 0 N–H and O–H groups in total.